The molecule has 0 saturated carbocycles. The van der Waals surface area contributed by atoms with E-state index in [1.54, 1.807) is 21.3 Å². The molecule has 0 amide bonds. The zero-order chi connectivity index (χ0) is 21.1. The Labute approximate surface area is 181 Å². The summed E-state index contributed by atoms with van der Waals surface area (Å²) in [5.74, 6) is 1.79. The fraction of sp³-hybridized carbons (Fsp3) is 0.538. The molecule has 1 fully saturated rings. The zero-order valence-electron chi connectivity index (χ0n) is 18.8. The highest BCUT2D eigenvalue weighted by atomic mass is 16.5. The van der Waals surface area contributed by atoms with Crippen LogP contribution in [0.2, 0.25) is 0 Å². The molecule has 2 unspecified atom stereocenters. The molecule has 4 nitrogen and oxygen atoms in total. The van der Waals surface area contributed by atoms with Crippen LogP contribution in [0.3, 0.4) is 0 Å². The van der Waals surface area contributed by atoms with Crippen LogP contribution in [0.1, 0.15) is 38.2 Å². The molecule has 1 aromatic rings. The molecule has 3 aliphatic rings. The van der Waals surface area contributed by atoms with Crippen molar-refractivity contribution >= 4 is 0 Å². The van der Waals surface area contributed by atoms with E-state index >= 15 is 0 Å². The van der Waals surface area contributed by atoms with Crippen molar-refractivity contribution in [3.8, 4) is 0 Å². The number of allylic oxidation sites excluding steroid dienone is 2. The predicted molar refractivity (Wildman–Crippen MR) is 120 cm³/mol. The Balaban J connectivity index is 1.41. The van der Waals surface area contributed by atoms with Gasteiger partial charge in [0.2, 0.25) is 0 Å². The van der Waals surface area contributed by atoms with Crippen molar-refractivity contribution in [1.82, 2.24) is 4.90 Å². The quantitative estimate of drug-likeness (QED) is 0.642. The van der Waals surface area contributed by atoms with Gasteiger partial charge in [0, 0.05) is 26.3 Å². The van der Waals surface area contributed by atoms with Gasteiger partial charge in [-0.3, -0.25) is 4.90 Å². The molecule has 0 bridgehead atoms. The van der Waals surface area contributed by atoms with Crippen molar-refractivity contribution in [1.29, 1.82) is 0 Å². The molecular weight excluding hydrogens is 374 g/mol. The number of fused-ring (bicyclic) bond motifs is 1. The molecule has 162 valence electrons. The van der Waals surface area contributed by atoms with Crippen LogP contribution in [0.5, 0.6) is 0 Å². The summed E-state index contributed by atoms with van der Waals surface area (Å²) < 4.78 is 17.4. The molecule has 1 aromatic carbocycles. The van der Waals surface area contributed by atoms with Gasteiger partial charge in [-0.1, -0.05) is 30.3 Å². The number of methoxy groups -OCH3 is 3. The summed E-state index contributed by atoms with van der Waals surface area (Å²) in [7, 11) is 5.30. The third-order valence-electron chi connectivity index (χ3n) is 7.05. The van der Waals surface area contributed by atoms with Crippen LogP contribution in [0.4, 0.5) is 0 Å². The summed E-state index contributed by atoms with van der Waals surface area (Å²) in [6.45, 7) is 5.50. The van der Waals surface area contributed by atoms with Crippen molar-refractivity contribution < 1.29 is 14.2 Å². The third-order valence-corrected chi connectivity index (χ3v) is 7.05. The van der Waals surface area contributed by atoms with E-state index in [1.807, 2.05) is 0 Å². The van der Waals surface area contributed by atoms with Crippen LogP contribution >= 0.6 is 0 Å². The number of rotatable bonds is 7. The number of hydrogen-bond acceptors (Lipinski definition) is 4. The Morgan fingerprint density at radius 3 is 2.43 bits per heavy atom. The van der Waals surface area contributed by atoms with Gasteiger partial charge in [-0.15, -0.1) is 0 Å². The number of piperidine rings is 1. The second kappa shape index (κ2) is 9.09. The van der Waals surface area contributed by atoms with Crippen molar-refractivity contribution in [2.75, 3.05) is 34.4 Å². The molecule has 1 heterocycles. The first kappa shape index (κ1) is 21.4. The fourth-order valence-corrected chi connectivity index (χ4v) is 5.23. The minimum atomic E-state index is -0.426. The fourth-order valence-electron chi connectivity index (χ4n) is 5.23. The molecule has 0 radical (unpaired) electrons. The van der Waals surface area contributed by atoms with Crippen molar-refractivity contribution in [2.45, 2.75) is 50.9 Å². The first-order chi connectivity index (χ1) is 14.6. The molecule has 30 heavy (non-hydrogen) atoms. The highest BCUT2D eigenvalue weighted by Gasteiger charge is 2.40. The van der Waals surface area contributed by atoms with Crippen molar-refractivity contribution in [3.63, 3.8) is 0 Å². The van der Waals surface area contributed by atoms with E-state index in [0.29, 0.717) is 0 Å². The molecule has 1 saturated heterocycles. The summed E-state index contributed by atoms with van der Waals surface area (Å²) in [5.41, 5.74) is 4.95. The highest BCUT2D eigenvalue weighted by molar-refractivity contribution is 5.58. The highest BCUT2D eigenvalue weighted by Crippen LogP contribution is 2.45. The SMILES string of the molecule is COC1=C(CC2CCN(Cc3ccccc3)CC2)CC2=CC(C)(OC)C(OC)C=C21. The van der Waals surface area contributed by atoms with Gasteiger partial charge in [0.15, 0.2) is 0 Å². The molecule has 0 N–H and O–H groups in total. The molecule has 0 spiro atoms. The number of likely N-dealkylation sites (tertiary alicyclic amines) is 1. The van der Waals surface area contributed by atoms with E-state index in [4.69, 9.17) is 14.2 Å². The van der Waals surface area contributed by atoms with Gasteiger partial charge < -0.3 is 14.2 Å². The van der Waals surface area contributed by atoms with Gasteiger partial charge in [0.1, 0.15) is 17.5 Å². The van der Waals surface area contributed by atoms with Gasteiger partial charge in [-0.25, -0.2) is 0 Å². The lowest BCUT2D eigenvalue weighted by atomic mass is 9.86. The van der Waals surface area contributed by atoms with E-state index in [2.05, 4.69) is 54.3 Å². The predicted octanol–water partition coefficient (Wildman–Crippen LogP) is 4.88. The maximum atomic E-state index is 5.89. The molecule has 0 aromatic heterocycles. The lowest BCUT2D eigenvalue weighted by Gasteiger charge is -2.35. The van der Waals surface area contributed by atoms with Crippen LogP contribution in [0, 0.1) is 5.92 Å². The smallest absolute Gasteiger partial charge is 0.125 e. The van der Waals surface area contributed by atoms with Crippen LogP contribution in [0.25, 0.3) is 0 Å². The van der Waals surface area contributed by atoms with Crippen molar-refractivity contribution in [3.05, 3.63) is 70.5 Å². The Morgan fingerprint density at radius 2 is 1.80 bits per heavy atom. The first-order valence-corrected chi connectivity index (χ1v) is 11.1. The van der Waals surface area contributed by atoms with Gasteiger partial charge in [-0.2, -0.15) is 0 Å². The number of hydrogen-bond donors (Lipinski definition) is 0. The molecular formula is C26H35NO3. The van der Waals surface area contributed by atoms with E-state index in [-0.39, 0.29) is 6.10 Å². The minimum Gasteiger partial charge on any atom is -0.496 e. The van der Waals surface area contributed by atoms with Gasteiger partial charge in [0.05, 0.1) is 7.11 Å². The summed E-state index contributed by atoms with van der Waals surface area (Å²) in [5, 5.41) is 0. The lowest BCUT2D eigenvalue weighted by Crippen LogP contribution is -2.41. The second-order valence-corrected chi connectivity index (χ2v) is 9.02. The standard InChI is InChI=1S/C26H35NO3/c1-26(30-4)17-22-15-21(25(29-3)23(22)16-24(26)28-2)14-19-10-12-27(13-11-19)18-20-8-6-5-7-9-20/h5-9,16-17,19,24H,10-15,18H2,1-4H3. The normalized spacial score (nSPS) is 27.7. The van der Waals surface area contributed by atoms with Crippen LogP contribution in [-0.2, 0) is 20.8 Å². The van der Waals surface area contributed by atoms with Gasteiger partial charge in [0.25, 0.3) is 0 Å². The van der Waals surface area contributed by atoms with Crippen LogP contribution < -0.4 is 0 Å². The van der Waals surface area contributed by atoms with E-state index < -0.39 is 5.60 Å². The van der Waals surface area contributed by atoms with Crippen molar-refractivity contribution in [2.24, 2.45) is 5.92 Å². The first-order valence-electron chi connectivity index (χ1n) is 11.1. The number of ether oxygens (including phenoxy) is 3. The van der Waals surface area contributed by atoms with E-state index in [9.17, 15) is 0 Å². The summed E-state index contributed by atoms with van der Waals surface area (Å²) in [4.78, 5) is 2.59. The Hall–Kier alpha value is -1.88. The van der Waals surface area contributed by atoms with Crippen LogP contribution in [0.15, 0.2) is 65.0 Å². The maximum Gasteiger partial charge on any atom is 0.125 e. The number of benzene rings is 1. The molecule has 4 heteroatoms. The molecule has 2 aliphatic carbocycles. The Bertz CT molecular complexity index is 833. The summed E-state index contributed by atoms with van der Waals surface area (Å²) in [6, 6.07) is 10.8. The second-order valence-electron chi connectivity index (χ2n) is 9.02. The Morgan fingerprint density at radius 1 is 1.07 bits per heavy atom. The van der Waals surface area contributed by atoms with Gasteiger partial charge in [-0.05, 0) is 80.5 Å². The van der Waals surface area contributed by atoms with Crippen LogP contribution in [-0.4, -0.2) is 51.0 Å². The molecule has 4 rings (SSSR count). The zero-order valence-corrected chi connectivity index (χ0v) is 18.8. The Kier molecular flexibility index (Phi) is 6.47. The number of nitrogens with zero attached hydrogens (tertiary/aromatic N) is 1. The summed E-state index contributed by atoms with van der Waals surface area (Å²) >= 11 is 0. The molecule has 2 atom stereocenters. The topological polar surface area (TPSA) is 30.9 Å². The van der Waals surface area contributed by atoms with E-state index in [0.717, 1.165) is 31.1 Å². The minimum absolute atomic E-state index is 0.105. The molecule has 1 aliphatic heterocycles. The summed E-state index contributed by atoms with van der Waals surface area (Å²) in [6.07, 6.45) is 8.92. The maximum absolute atomic E-state index is 5.89. The third kappa shape index (κ3) is 4.27. The van der Waals surface area contributed by atoms with Gasteiger partial charge >= 0.3 is 0 Å². The lowest BCUT2D eigenvalue weighted by molar-refractivity contribution is -0.0553. The largest absolute Gasteiger partial charge is 0.496 e. The van der Waals surface area contributed by atoms with E-state index in [1.165, 1.54) is 48.2 Å². The average Bonchev–Trinajstić information content (AvgIpc) is 3.10. The monoisotopic (exact) mass is 409 g/mol. The average molecular weight is 410 g/mol.